The van der Waals surface area contributed by atoms with Crippen LogP contribution < -0.4 is 5.32 Å². The van der Waals surface area contributed by atoms with Gasteiger partial charge in [-0.15, -0.1) is 0 Å². The van der Waals surface area contributed by atoms with Crippen LogP contribution in [0.15, 0.2) is 18.5 Å². The van der Waals surface area contributed by atoms with E-state index in [1.807, 2.05) is 6.20 Å². The monoisotopic (exact) mass is 361 g/mol. The molecule has 5 heteroatoms. The van der Waals surface area contributed by atoms with Crippen LogP contribution in [0.2, 0.25) is 0 Å². The second-order valence-corrected chi connectivity index (χ2v) is 8.17. The van der Waals surface area contributed by atoms with Gasteiger partial charge in [0.15, 0.2) is 0 Å². The first-order valence-corrected chi connectivity index (χ1v) is 10.3. The van der Waals surface area contributed by atoms with Gasteiger partial charge in [0.05, 0.1) is 5.69 Å². The van der Waals surface area contributed by atoms with Crippen molar-refractivity contribution in [3.05, 3.63) is 24.2 Å². The van der Waals surface area contributed by atoms with Crippen LogP contribution in [0, 0.1) is 5.92 Å². The molecule has 5 nitrogen and oxygen atoms in total. The van der Waals surface area contributed by atoms with Crippen LogP contribution in [-0.4, -0.2) is 64.9 Å². The lowest BCUT2D eigenvalue weighted by atomic mass is 9.94. The Hall–Kier alpha value is -1.33. The average molecular weight is 362 g/mol. The third-order valence-corrected chi connectivity index (χ3v) is 6.05. The third-order valence-electron chi connectivity index (χ3n) is 6.05. The fraction of sp³-hybridized carbons (Fsp3) is 0.762. The molecule has 0 aromatic carbocycles. The van der Waals surface area contributed by atoms with Crippen LogP contribution >= 0.6 is 0 Å². The Balaban J connectivity index is 1.99. The minimum atomic E-state index is 0.378. The van der Waals surface area contributed by atoms with Gasteiger partial charge in [0.1, 0.15) is 0 Å². The number of nitrogens with one attached hydrogen (secondary N) is 1. The van der Waals surface area contributed by atoms with Gasteiger partial charge in [0.2, 0.25) is 0 Å². The predicted octanol–water partition coefficient (Wildman–Crippen LogP) is 3.47. The summed E-state index contributed by atoms with van der Waals surface area (Å²) in [7, 11) is 2.22. The summed E-state index contributed by atoms with van der Waals surface area (Å²) in [6.07, 6.45) is 5.12. The van der Waals surface area contributed by atoms with Crippen LogP contribution in [0.4, 0.5) is 0 Å². The number of hydrogen-bond acceptors (Lipinski definition) is 4. The van der Waals surface area contributed by atoms with E-state index < -0.39 is 0 Å². The molecule has 3 atom stereocenters. The van der Waals surface area contributed by atoms with E-state index in [1.165, 1.54) is 37.4 Å². The van der Waals surface area contributed by atoms with Crippen molar-refractivity contribution in [2.75, 3.05) is 33.2 Å². The van der Waals surface area contributed by atoms with Crippen molar-refractivity contribution in [2.45, 2.75) is 66.1 Å². The molecule has 1 aliphatic heterocycles. The first-order valence-electron chi connectivity index (χ1n) is 10.3. The Labute approximate surface area is 160 Å². The summed E-state index contributed by atoms with van der Waals surface area (Å²) in [5, 5.41) is 8.16. The molecule has 2 rings (SSSR count). The van der Waals surface area contributed by atoms with Crippen molar-refractivity contribution in [1.82, 2.24) is 24.9 Å². The van der Waals surface area contributed by atoms with Crippen molar-refractivity contribution in [1.29, 1.82) is 0 Å². The molecule has 26 heavy (non-hydrogen) atoms. The van der Waals surface area contributed by atoms with Gasteiger partial charge in [0.25, 0.3) is 0 Å². The van der Waals surface area contributed by atoms with E-state index in [2.05, 4.69) is 85.8 Å². The number of likely N-dealkylation sites (N-methyl/N-ethyl adjacent to an activating group) is 1. The Kier molecular flexibility index (Phi) is 7.71. The number of piperazine rings is 1. The fourth-order valence-electron chi connectivity index (χ4n) is 3.70. The number of hydrogen-bond donors (Lipinski definition) is 1. The number of aromatic nitrogens is 2. The highest BCUT2D eigenvalue weighted by Crippen LogP contribution is 2.21. The second kappa shape index (κ2) is 9.56. The minimum Gasteiger partial charge on any atom is -0.388 e. The number of allylic oxidation sites excluding steroid dienone is 1. The smallest absolute Gasteiger partial charge is 0.0659 e. The van der Waals surface area contributed by atoms with Gasteiger partial charge in [-0.05, 0) is 58.7 Å². The Morgan fingerprint density at radius 1 is 1.15 bits per heavy atom. The summed E-state index contributed by atoms with van der Waals surface area (Å²) >= 11 is 0. The van der Waals surface area contributed by atoms with E-state index >= 15 is 0 Å². The maximum Gasteiger partial charge on any atom is 0.0659 e. The summed E-state index contributed by atoms with van der Waals surface area (Å²) in [5.41, 5.74) is 2.55. The molecule has 1 aliphatic rings. The van der Waals surface area contributed by atoms with Crippen molar-refractivity contribution < 1.29 is 0 Å². The molecule has 1 aromatic heterocycles. The zero-order valence-electron chi connectivity index (χ0n) is 17.9. The van der Waals surface area contributed by atoms with Crippen LogP contribution in [0.3, 0.4) is 0 Å². The number of rotatable bonds is 8. The van der Waals surface area contributed by atoms with Crippen molar-refractivity contribution in [2.24, 2.45) is 5.92 Å². The van der Waals surface area contributed by atoms with Crippen LogP contribution in [0.1, 0.15) is 59.7 Å². The second-order valence-electron chi connectivity index (χ2n) is 8.17. The van der Waals surface area contributed by atoms with Gasteiger partial charge >= 0.3 is 0 Å². The molecular formula is C21H39N5. The van der Waals surface area contributed by atoms with E-state index in [0.29, 0.717) is 24.0 Å². The van der Waals surface area contributed by atoms with Crippen molar-refractivity contribution in [3.63, 3.8) is 0 Å². The highest BCUT2D eigenvalue weighted by atomic mass is 15.3. The lowest BCUT2D eigenvalue weighted by Gasteiger charge is -2.40. The SMILES string of the molecule is CC/C(=C\NC(C)[C@@H](C)[C@H](C)N1CCN(C)CC1)c1ccnn1C(C)C. The largest absolute Gasteiger partial charge is 0.388 e. The molecule has 0 aliphatic carbocycles. The molecule has 1 fully saturated rings. The van der Waals surface area contributed by atoms with Crippen LogP contribution in [0.5, 0.6) is 0 Å². The molecule has 1 N–H and O–H groups in total. The molecule has 1 aromatic rings. The normalized spacial score (nSPS) is 21.0. The molecule has 148 valence electrons. The average Bonchev–Trinajstić information content (AvgIpc) is 3.11. The van der Waals surface area contributed by atoms with E-state index in [1.54, 1.807) is 0 Å². The lowest BCUT2D eigenvalue weighted by molar-refractivity contribution is 0.0855. The molecule has 1 unspecified atom stereocenters. The van der Waals surface area contributed by atoms with Crippen LogP contribution in [0.25, 0.3) is 5.57 Å². The third kappa shape index (κ3) is 5.10. The zero-order valence-corrected chi connectivity index (χ0v) is 17.9. The van der Waals surface area contributed by atoms with Gasteiger partial charge in [-0.3, -0.25) is 9.58 Å². The van der Waals surface area contributed by atoms with Gasteiger partial charge in [-0.25, -0.2) is 0 Å². The fourth-order valence-corrected chi connectivity index (χ4v) is 3.70. The minimum absolute atomic E-state index is 0.378. The Bertz CT molecular complexity index is 569. The van der Waals surface area contributed by atoms with E-state index in [-0.39, 0.29) is 0 Å². The standard InChI is InChI=1S/C21H39N5/c1-8-20(21-9-10-23-26(21)16(2)3)15-22-18(5)17(4)19(6)25-13-11-24(7)12-14-25/h9-10,15-19,22H,8,11-14H2,1-7H3/b20-15+/t17-,18?,19+/m1/s1. The molecule has 0 saturated carbocycles. The van der Waals surface area contributed by atoms with E-state index in [9.17, 15) is 0 Å². The van der Waals surface area contributed by atoms with Crippen LogP contribution in [-0.2, 0) is 0 Å². The van der Waals surface area contributed by atoms with Crippen molar-refractivity contribution in [3.8, 4) is 0 Å². The molecule has 2 heterocycles. The lowest BCUT2D eigenvalue weighted by Crippen LogP contribution is -2.52. The summed E-state index contributed by atoms with van der Waals surface area (Å²) in [6, 6.07) is 3.52. The quantitative estimate of drug-likeness (QED) is 0.769. The van der Waals surface area contributed by atoms with E-state index in [4.69, 9.17) is 0 Å². The topological polar surface area (TPSA) is 36.3 Å². The Morgan fingerprint density at radius 2 is 1.81 bits per heavy atom. The number of nitrogens with zero attached hydrogens (tertiary/aromatic N) is 4. The first kappa shape index (κ1) is 21.0. The molecule has 0 spiro atoms. The van der Waals surface area contributed by atoms with Gasteiger partial charge < -0.3 is 10.2 Å². The Morgan fingerprint density at radius 3 is 2.38 bits per heavy atom. The molecule has 0 radical (unpaired) electrons. The van der Waals surface area contributed by atoms with Gasteiger partial charge in [0, 0.05) is 56.7 Å². The summed E-state index contributed by atoms with van der Waals surface area (Å²) < 4.78 is 2.11. The summed E-state index contributed by atoms with van der Waals surface area (Å²) in [6.45, 7) is 18.4. The maximum atomic E-state index is 4.48. The summed E-state index contributed by atoms with van der Waals surface area (Å²) in [4.78, 5) is 5.06. The predicted molar refractivity (Wildman–Crippen MR) is 111 cm³/mol. The highest BCUT2D eigenvalue weighted by Gasteiger charge is 2.26. The van der Waals surface area contributed by atoms with Gasteiger partial charge in [-0.1, -0.05) is 13.8 Å². The molecule has 0 amide bonds. The molecule has 0 bridgehead atoms. The maximum absolute atomic E-state index is 4.48. The first-order chi connectivity index (χ1) is 12.3. The summed E-state index contributed by atoms with van der Waals surface area (Å²) in [5.74, 6) is 0.586. The van der Waals surface area contributed by atoms with Crippen molar-refractivity contribution >= 4 is 5.57 Å². The van der Waals surface area contributed by atoms with Gasteiger partial charge in [-0.2, -0.15) is 5.10 Å². The molecular weight excluding hydrogens is 322 g/mol. The highest BCUT2D eigenvalue weighted by molar-refractivity contribution is 5.62. The molecule has 1 saturated heterocycles. The zero-order chi connectivity index (χ0) is 19.3. The van der Waals surface area contributed by atoms with E-state index in [0.717, 1.165) is 6.42 Å².